The summed E-state index contributed by atoms with van der Waals surface area (Å²) in [5.41, 5.74) is 8.82. The van der Waals surface area contributed by atoms with Crippen LogP contribution in [0.3, 0.4) is 0 Å². The Balaban J connectivity index is 3.12. The third-order valence-corrected chi connectivity index (χ3v) is 3.10. The number of carbonyl (C=O) groups excluding carboxylic acids is 2. The van der Waals surface area contributed by atoms with Crippen molar-refractivity contribution in [2.45, 2.75) is 12.8 Å². The van der Waals surface area contributed by atoms with Gasteiger partial charge in [-0.1, -0.05) is 6.08 Å². The van der Waals surface area contributed by atoms with Crippen molar-refractivity contribution >= 4 is 23.3 Å². The molecule has 0 aliphatic heterocycles. The van der Waals surface area contributed by atoms with Gasteiger partial charge in [-0.25, -0.2) is 4.79 Å². The number of carbonyl (C=O) groups is 2. The van der Waals surface area contributed by atoms with Gasteiger partial charge in [0.1, 0.15) is 5.75 Å². The third kappa shape index (κ3) is 4.79. The predicted molar refractivity (Wildman–Crippen MR) is 85.4 cm³/mol. The first kappa shape index (κ1) is 18.1. The topological polar surface area (TPSA) is 92.2 Å². The second-order valence-electron chi connectivity index (χ2n) is 4.53. The van der Waals surface area contributed by atoms with E-state index in [0.29, 0.717) is 30.8 Å². The first-order valence-corrected chi connectivity index (χ1v) is 6.96. The predicted octanol–water partition coefficient (Wildman–Crippen LogP) is 1.84. The molecule has 1 aromatic rings. The molecule has 0 saturated carbocycles. The SMILES string of the molecule is C=CCCCN(C(=O)C(=[N+]=[N-])C(=O)OC)c1ccc(OC)cc1. The number of hydrogen-bond acceptors (Lipinski definition) is 4. The lowest BCUT2D eigenvalue weighted by molar-refractivity contribution is -0.139. The van der Waals surface area contributed by atoms with E-state index in [4.69, 9.17) is 10.3 Å². The van der Waals surface area contributed by atoms with Crippen molar-refractivity contribution in [1.29, 1.82) is 0 Å². The van der Waals surface area contributed by atoms with E-state index in [2.05, 4.69) is 16.1 Å². The zero-order chi connectivity index (χ0) is 17.2. The number of amides is 1. The molecule has 122 valence electrons. The fourth-order valence-corrected chi connectivity index (χ4v) is 1.90. The van der Waals surface area contributed by atoms with Crippen LogP contribution in [0.1, 0.15) is 12.8 Å². The molecule has 7 heteroatoms. The van der Waals surface area contributed by atoms with E-state index in [1.54, 1.807) is 30.3 Å². The molecule has 0 aliphatic carbocycles. The van der Waals surface area contributed by atoms with E-state index < -0.39 is 17.6 Å². The average molecular weight is 317 g/mol. The summed E-state index contributed by atoms with van der Waals surface area (Å²) in [5.74, 6) is -1.11. The van der Waals surface area contributed by atoms with E-state index in [1.165, 1.54) is 12.0 Å². The van der Waals surface area contributed by atoms with Gasteiger partial charge >= 0.3 is 17.6 Å². The lowest BCUT2D eigenvalue weighted by Crippen LogP contribution is -2.41. The summed E-state index contributed by atoms with van der Waals surface area (Å²) in [7, 11) is 2.64. The second kappa shape index (κ2) is 9.17. The van der Waals surface area contributed by atoms with Crippen LogP contribution in [0.15, 0.2) is 36.9 Å². The van der Waals surface area contributed by atoms with Crippen molar-refractivity contribution in [2.24, 2.45) is 0 Å². The molecule has 1 aromatic carbocycles. The van der Waals surface area contributed by atoms with Crippen LogP contribution in [-0.2, 0) is 14.3 Å². The van der Waals surface area contributed by atoms with Gasteiger partial charge in [-0.3, -0.25) is 4.79 Å². The molecule has 1 amide bonds. The summed E-state index contributed by atoms with van der Waals surface area (Å²) < 4.78 is 9.54. The molecule has 0 aliphatic rings. The summed E-state index contributed by atoms with van der Waals surface area (Å²) in [5, 5.41) is 0. The average Bonchev–Trinajstić information content (AvgIpc) is 2.59. The minimum absolute atomic E-state index is 0.327. The number of unbranched alkanes of at least 4 members (excludes halogenated alkanes) is 1. The Kier molecular flexibility index (Phi) is 7.23. The highest BCUT2D eigenvalue weighted by Gasteiger charge is 2.35. The van der Waals surface area contributed by atoms with E-state index in [-0.39, 0.29) is 0 Å². The molecule has 0 heterocycles. The number of methoxy groups -OCH3 is 2. The van der Waals surface area contributed by atoms with Gasteiger partial charge in [0, 0.05) is 12.2 Å². The highest BCUT2D eigenvalue weighted by Crippen LogP contribution is 2.20. The van der Waals surface area contributed by atoms with Crippen LogP contribution in [-0.4, -0.2) is 43.1 Å². The minimum Gasteiger partial charge on any atom is -0.497 e. The van der Waals surface area contributed by atoms with Crippen molar-refractivity contribution in [3.63, 3.8) is 0 Å². The lowest BCUT2D eigenvalue weighted by Gasteiger charge is -2.20. The zero-order valence-electron chi connectivity index (χ0n) is 13.2. The molecule has 0 atom stereocenters. The molecule has 0 spiro atoms. The third-order valence-electron chi connectivity index (χ3n) is 3.10. The standard InChI is InChI=1S/C16H19N3O4/c1-4-5-6-11-19(12-7-9-13(22-2)10-8-12)15(20)14(18-17)16(21)23-3/h4,7-10H,1,5-6,11H2,2-3H3. The molecule has 0 unspecified atom stereocenters. The highest BCUT2D eigenvalue weighted by atomic mass is 16.5. The van der Waals surface area contributed by atoms with Gasteiger partial charge < -0.3 is 19.9 Å². The number of anilines is 1. The molecule has 7 nitrogen and oxygen atoms in total. The van der Waals surface area contributed by atoms with Gasteiger partial charge in [-0.2, -0.15) is 4.79 Å². The largest absolute Gasteiger partial charge is 0.497 e. The Morgan fingerprint density at radius 3 is 2.43 bits per heavy atom. The highest BCUT2D eigenvalue weighted by molar-refractivity contribution is 6.64. The van der Waals surface area contributed by atoms with Gasteiger partial charge in [0.25, 0.3) is 0 Å². The molecule has 23 heavy (non-hydrogen) atoms. The molecule has 1 rings (SSSR count). The van der Waals surface area contributed by atoms with Crippen LogP contribution in [0.4, 0.5) is 5.69 Å². The Morgan fingerprint density at radius 1 is 1.30 bits per heavy atom. The number of allylic oxidation sites excluding steroid dienone is 1. The molecular formula is C16H19N3O4. The fourth-order valence-electron chi connectivity index (χ4n) is 1.90. The zero-order valence-corrected chi connectivity index (χ0v) is 13.2. The van der Waals surface area contributed by atoms with E-state index in [1.807, 2.05) is 0 Å². The molecule has 0 radical (unpaired) electrons. The van der Waals surface area contributed by atoms with Gasteiger partial charge in [0.05, 0.1) is 14.2 Å². The minimum atomic E-state index is -1.00. The summed E-state index contributed by atoms with van der Waals surface area (Å²) >= 11 is 0. The maximum Gasteiger partial charge on any atom is 0.463 e. The normalized spacial score (nSPS) is 9.48. The maximum atomic E-state index is 12.5. The van der Waals surface area contributed by atoms with E-state index in [0.717, 1.165) is 7.11 Å². The lowest BCUT2D eigenvalue weighted by atomic mass is 10.2. The first-order valence-electron chi connectivity index (χ1n) is 6.96. The summed E-state index contributed by atoms with van der Waals surface area (Å²) in [6, 6.07) is 6.74. The van der Waals surface area contributed by atoms with E-state index >= 15 is 0 Å². The number of benzene rings is 1. The summed E-state index contributed by atoms with van der Waals surface area (Å²) in [6.07, 6.45) is 3.07. The Hall–Kier alpha value is -2.92. The van der Waals surface area contributed by atoms with Gasteiger partial charge in [0.2, 0.25) is 0 Å². The summed E-state index contributed by atoms with van der Waals surface area (Å²) in [6.45, 7) is 3.96. The molecule has 0 bridgehead atoms. The van der Waals surface area contributed by atoms with Crippen LogP contribution >= 0.6 is 0 Å². The van der Waals surface area contributed by atoms with Crippen LogP contribution < -0.4 is 9.64 Å². The van der Waals surface area contributed by atoms with Gasteiger partial charge in [-0.15, -0.1) is 6.58 Å². The van der Waals surface area contributed by atoms with Crippen LogP contribution in [0, 0.1) is 0 Å². The van der Waals surface area contributed by atoms with Crippen molar-refractivity contribution in [1.82, 2.24) is 0 Å². The van der Waals surface area contributed by atoms with Crippen molar-refractivity contribution in [3.05, 3.63) is 42.5 Å². The van der Waals surface area contributed by atoms with Crippen LogP contribution in [0.5, 0.6) is 5.75 Å². The number of esters is 1. The molecule has 0 saturated heterocycles. The number of ether oxygens (including phenoxy) is 2. The van der Waals surface area contributed by atoms with Gasteiger partial charge in [-0.05, 0) is 37.1 Å². The fraction of sp³-hybridized carbons (Fsp3) is 0.312. The molecule has 0 aromatic heterocycles. The van der Waals surface area contributed by atoms with Crippen LogP contribution in [0.25, 0.3) is 5.53 Å². The quantitative estimate of drug-likeness (QED) is 0.139. The van der Waals surface area contributed by atoms with Crippen molar-refractivity contribution in [3.8, 4) is 5.75 Å². The Morgan fingerprint density at radius 2 is 1.96 bits per heavy atom. The monoisotopic (exact) mass is 317 g/mol. The van der Waals surface area contributed by atoms with Crippen LogP contribution in [0.2, 0.25) is 0 Å². The van der Waals surface area contributed by atoms with Gasteiger partial charge in [0.15, 0.2) is 0 Å². The maximum absolute atomic E-state index is 12.5. The summed E-state index contributed by atoms with van der Waals surface area (Å²) in [4.78, 5) is 28.2. The van der Waals surface area contributed by atoms with E-state index in [9.17, 15) is 9.59 Å². The number of hydrogen-bond donors (Lipinski definition) is 0. The molecule has 0 N–H and O–H groups in total. The molecule has 0 fully saturated rings. The first-order chi connectivity index (χ1) is 11.1. The van der Waals surface area contributed by atoms with Crippen molar-refractivity contribution < 1.29 is 23.9 Å². The van der Waals surface area contributed by atoms with Crippen molar-refractivity contribution in [2.75, 3.05) is 25.7 Å². The second-order valence-corrected chi connectivity index (χ2v) is 4.53. The molecular weight excluding hydrogens is 298 g/mol. The number of rotatable bonds is 8. The smallest absolute Gasteiger partial charge is 0.463 e. The Bertz CT molecular complexity index is 619. The number of nitrogens with zero attached hydrogens (tertiary/aromatic N) is 3. The Labute approximate surface area is 134 Å².